The summed E-state index contributed by atoms with van der Waals surface area (Å²) in [5, 5.41) is 4.67. The van der Waals surface area contributed by atoms with Crippen LogP contribution in [0.15, 0.2) is 12.3 Å². The van der Waals surface area contributed by atoms with Crippen molar-refractivity contribution in [3.8, 4) is 0 Å². The second-order valence-corrected chi connectivity index (χ2v) is 3.76. The molecule has 2 fully saturated rings. The van der Waals surface area contributed by atoms with Crippen LogP contribution in [-0.2, 0) is 0 Å². The smallest absolute Gasteiger partial charge is 0.0267 e. The summed E-state index contributed by atoms with van der Waals surface area (Å²) in [6.45, 7) is 7.60. The second-order valence-electron chi connectivity index (χ2n) is 3.76. The van der Waals surface area contributed by atoms with Crippen molar-refractivity contribution < 1.29 is 0 Å². The number of hydrazine groups is 1. The molecule has 0 aromatic heterocycles. The van der Waals surface area contributed by atoms with Gasteiger partial charge in [0.2, 0.25) is 0 Å². The lowest BCUT2D eigenvalue weighted by Crippen LogP contribution is -2.40. The summed E-state index contributed by atoms with van der Waals surface area (Å²) < 4.78 is 0. The molecule has 2 saturated heterocycles. The molecule has 2 bridgehead atoms. The molecule has 0 saturated carbocycles. The largest absolute Gasteiger partial charge is 0.313 e. The van der Waals surface area contributed by atoms with E-state index in [9.17, 15) is 0 Å². The quantitative estimate of drug-likeness (QED) is 0.518. The van der Waals surface area contributed by atoms with Gasteiger partial charge in [-0.25, -0.2) is 5.01 Å². The van der Waals surface area contributed by atoms with E-state index in [1.165, 1.54) is 25.1 Å². The van der Waals surface area contributed by atoms with Crippen molar-refractivity contribution in [2.24, 2.45) is 5.92 Å². The summed E-state index contributed by atoms with van der Waals surface area (Å²) in [6, 6.07) is 0.718. The highest BCUT2D eigenvalue weighted by molar-refractivity contribution is 5.07. The Kier molecular flexibility index (Phi) is 1.46. The van der Waals surface area contributed by atoms with Crippen molar-refractivity contribution >= 4 is 0 Å². The Balaban J connectivity index is 2.22. The summed E-state index contributed by atoms with van der Waals surface area (Å²) in [4.78, 5) is 0. The van der Waals surface area contributed by atoms with E-state index in [1.54, 1.807) is 0 Å². The Morgan fingerprint density at radius 2 is 2.18 bits per heavy atom. The first-order chi connectivity index (χ1) is 5.20. The average Bonchev–Trinajstić information content (AvgIpc) is 2.24. The fourth-order valence-electron chi connectivity index (χ4n) is 2.21. The van der Waals surface area contributed by atoms with E-state index in [1.807, 2.05) is 0 Å². The first-order valence-corrected chi connectivity index (χ1v) is 4.39. The molecule has 3 atom stereocenters. The normalized spacial score (nSPS) is 43.3. The maximum atomic E-state index is 4.10. The minimum Gasteiger partial charge on any atom is -0.313 e. The van der Waals surface area contributed by atoms with Gasteiger partial charge in [0.05, 0.1) is 0 Å². The molecule has 2 aliphatic rings. The maximum Gasteiger partial charge on any atom is 0.0267 e. The van der Waals surface area contributed by atoms with E-state index >= 15 is 0 Å². The molecular weight excluding hydrogens is 136 g/mol. The van der Waals surface area contributed by atoms with Crippen molar-refractivity contribution in [1.29, 1.82) is 0 Å². The minimum absolute atomic E-state index is 0.718. The molecule has 0 spiro atoms. The first-order valence-electron chi connectivity index (χ1n) is 4.39. The third kappa shape index (κ3) is 0.890. The highest BCUT2D eigenvalue weighted by atomic mass is 15.7. The van der Waals surface area contributed by atoms with Crippen LogP contribution >= 0.6 is 0 Å². The van der Waals surface area contributed by atoms with Crippen molar-refractivity contribution in [1.82, 2.24) is 10.0 Å². The predicted octanol–water partition coefficient (Wildman–Crippen LogP) is 1.46. The molecule has 2 aliphatic heterocycles. The first kappa shape index (κ1) is 7.17. The van der Waals surface area contributed by atoms with E-state index in [4.69, 9.17) is 0 Å². The Bertz CT molecular complexity index is 188. The molecule has 0 aromatic carbocycles. The molecule has 0 radical (unpaired) electrons. The molecule has 3 unspecified atom stereocenters. The summed E-state index contributed by atoms with van der Waals surface area (Å²) >= 11 is 0. The van der Waals surface area contributed by atoms with Crippen LogP contribution in [0.2, 0.25) is 0 Å². The van der Waals surface area contributed by atoms with Gasteiger partial charge in [-0.2, -0.15) is 0 Å². The zero-order valence-electron chi connectivity index (χ0n) is 7.38. The zero-order valence-corrected chi connectivity index (χ0v) is 7.38. The van der Waals surface area contributed by atoms with Crippen LogP contribution in [-0.4, -0.2) is 29.7 Å². The number of hydrogen-bond acceptors (Lipinski definition) is 2. The van der Waals surface area contributed by atoms with Gasteiger partial charge in [0, 0.05) is 31.2 Å². The summed E-state index contributed by atoms with van der Waals surface area (Å²) in [5.74, 6) is 0.746. The van der Waals surface area contributed by atoms with Crippen LogP contribution in [0.1, 0.15) is 19.8 Å². The van der Waals surface area contributed by atoms with Gasteiger partial charge in [0.25, 0.3) is 0 Å². The average molecular weight is 152 g/mol. The monoisotopic (exact) mass is 152 g/mol. The predicted molar refractivity (Wildman–Crippen MR) is 45.8 cm³/mol. The second kappa shape index (κ2) is 2.24. The van der Waals surface area contributed by atoms with Gasteiger partial charge in [-0.1, -0.05) is 6.58 Å². The third-order valence-electron chi connectivity index (χ3n) is 3.12. The topological polar surface area (TPSA) is 6.48 Å². The molecule has 2 nitrogen and oxygen atoms in total. The van der Waals surface area contributed by atoms with E-state index < -0.39 is 0 Å². The van der Waals surface area contributed by atoms with Gasteiger partial charge in [0.15, 0.2) is 0 Å². The van der Waals surface area contributed by atoms with Gasteiger partial charge in [0.1, 0.15) is 0 Å². The summed E-state index contributed by atoms with van der Waals surface area (Å²) in [6.07, 6.45) is 2.66. The molecular formula is C9H16N2. The lowest BCUT2D eigenvalue weighted by Gasteiger charge is -2.32. The van der Waals surface area contributed by atoms with Crippen LogP contribution in [0.25, 0.3) is 0 Å². The SMILES string of the molecule is C=C1C2CCC(C)N(C2)N1C. The molecule has 2 heteroatoms. The summed E-state index contributed by atoms with van der Waals surface area (Å²) in [5.41, 5.74) is 1.31. The third-order valence-corrected chi connectivity index (χ3v) is 3.12. The van der Waals surface area contributed by atoms with Crippen LogP contribution in [0.3, 0.4) is 0 Å². The van der Waals surface area contributed by atoms with E-state index in [-0.39, 0.29) is 0 Å². The molecule has 0 aliphatic carbocycles. The van der Waals surface area contributed by atoms with E-state index in [0.717, 1.165) is 12.0 Å². The molecule has 2 rings (SSSR count). The number of nitrogens with zero attached hydrogens (tertiary/aromatic N) is 2. The Hall–Kier alpha value is -0.500. The molecule has 0 N–H and O–H groups in total. The van der Waals surface area contributed by atoms with Crippen LogP contribution in [0, 0.1) is 5.92 Å². The van der Waals surface area contributed by atoms with Gasteiger partial charge in [-0.3, -0.25) is 0 Å². The standard InChI is InChI=1S/C9H16N2/c1-7-4-5-9-6-11(7)10(3)8(9)2/h7,9H,2,4-6H2,1,3H3. The molecule has 11 heavy (non-hydrogen) atoms. The van der Waals surface area contributed by atoms with Gasteiger partial charge in [-0.15, -0.1) is 0 Å². The van der Waals surface area contributed by atoms with Crippen LogP contribution < -0.4 is 0 Å². The van der Waals surface area contributed by atoms with Gasteiger partial charge >= 0.3 is 0 Å². The van der Waals surface area contributed by atoms with Crippen molar-refractivity contribution in [3.05, 3.63) is 12.3 Å². The highest BCUT2D eigenvalue weighted by Gasteiger charge is 2.37. The van der Waals surface area contributed by atoms with E-state index in [2.05, 4.69) is 30.6 Å². The number of hydrogen-bond donors (Lipinski definition) is 0. The van der Waals surface area contributed by atoms with Gasteiger partial charge < -0.3 is 5.01 Å². The zero-order chi connectivity index (χ0) is 8.01. The number of piperidine rings is 1. The lowest BCUT2D eigenvalue weighted by atomic mass is 9.95. The highest BCUT2D eigenvalue weighted by Crippen LogP contribution is 2.35. The summed E-state index contributed by atoms with van der Waals surface area (Å²) in [7, 11) is 2.13. The van der Waals surface area contributed by atoms with Crippen LogP contribution in [0.4, 0.5) is 0 Å². The van der Waals surface area contributed by atoms with E-state index in [0.29, 0.717) is 0 Å². The number of fused-ring (bicyclic) bond motifs is 2. The number of rotatable bonds is 0. The Morgan fingerprint density at radius 1 is 1.45 bits per heavy atom. The Morgan fingerprint density at radius 3 is 2.82 bits per heavy atom. The fraction of sp³-hybridized carbons (Fsp3) is 0.778. The molecule has 0 aromatic rings. The Labute approximate surface area is 68.4 Å². The molecule has 0 amide bonds. The van der Waals surface area contributed by atoms with Crippen molar-refractivity contribution in [2.75, 3.05) is 13.6 Å². The lowest BCUT2D eigenvalue weighted by molar-refractivity contribution is 0.0215. The van der Waals surface area contributed by atoms with Gasteiger partial charge in [-0.05, 0) is 19.8 Å². The minimum atomic E-state index is 0.718. The molecule has 2 heterocycles. The fourth-order valence-corrected chi connectivity index (χ4v) is 2.21. The van der Waals surface area contributed by atoms with Crippen molar-refractivity contribution in [3.63, 3.8) is 0 Å². The van der Waals surface area contributed by atoms with Crippen LogP contribution in [0.5, 0.6) is 0 Å². The molecule has 62 valence electrons. The maximum absolute atomic E-state index is 4.10. The van der Waals surface area contributed by atoms with Crippen molar-refractivity contribution in [2.45, 2.75) is 25.8 Å².